The van der Waals surface area contributed by atoms with Crippen molar-refractivity contribution in [3.05, 3.63) is 59.1 Å². The fourth-order valence-electron chi connectivity index (χ4n) is 2.99. The molecule has 0 aliphatic carbocycles. The molecule has 0 radical (unpaired) electrons. The average Bonchev–Trinajstić information content (AvgIpc) is 3.15. The molecular weight excluding hydrogens is 416 g/mol. The van der Waals surface area contributed by atoms with Gasteiger partial charge in [0.05, 0.1) is 22.6 Å². The molecule has 152 valence electrons. The number of carbonyl (C=O) groups is 1. The maximum absolute atomic E-state index is 12.4. The number of anilines is 1. The lowest BCUT2D eigenvalue weighted by molar-refractivity contribution is -0.113. The highest BCUT2D eigenvalue weighted by Gasteiger charge is 2.17. The number of para-hydroxylation sites is 1. The van der Waals surface area contributed by atoms with Gasteiger partial charge in [0.25, 0.3) is 0 Å². The number of nitrogens with zero attached hydrogens (tertiary/aromatic N) is 3. The first-order valence-corrected chi connectivity index (χ1v) is 11.1. The van der Waals surface area contributed by atoms with Crippen molar-refractivity contribution in [2.24, 2.45) is 0 Å². The number of hydrogen-bond acceptors (Lipinski definition) is 7. The van der Waals surface area contributed by atoms with E-state index in [0.717, 1.165) is 43.5 Å². The molecule has 2 heterocycles. The normalized spacial score (nSPS) is 10.9. The second kappa shape index (κ2) is 8.81. The Bertz CT molecular complexity index is 1210. The number of benzene rings is 2. The van der Waals surface area contributed by atoms with Gasteiger partial charge in [0.2, 0.25) is 5.91 Å². The van der Waals surface area contributed by atoms with Crippen LogP contribution in [-0.4, -0.2) is 34.0 Å². The maximum Gasteiger partial charge on any atom is 0.234 e. The molecule has 4 aromatic rings. The fraction of sp³-hybridized carbons (Fsp3) is 0.182. The molecule has 2 aromatic carbocycles. The third-order valence-electron chi connectivity index (χ3n) is 4.52. The van der Waals surface area contributed by atoms with Gasteiger partial charge in [0.15, 0.2) is 0 Å². The molecule has 0 saturated carbocycles. The highest BCUT2D eigenvalue weighted by atomic mass is 32.2. The van der Waals surface area contributed by atoms with Crippen LogP contribution in [0.4, 0.5) is 5.69 Å². The Morgan fingerprint density at radius 1 is 1.10 bits per heavy atom. The molecule has 0 spiro atoms. The third-order valence-corrected chi connectivity index (χ3v) is 6.45. The van der Waals surface area contributed by atoms with E-state index in [0.29, 0.717) is 5.03 Å². The molecule has 1 N–H and O–H groups in total. The Morgan fingerprint density at radius 3 is 2.60 bits per heavy atom. The molecule has 0 saturated heterocycles. The standard InChI is InChI=1S/C22H20N4O2S2/c1-13-6-4-5-7-17(13)24-18(27)12-29-22-20-21(30-14(2)23-20)19(25-26-22)15-8-10-16(28-3)11-9-15/h4-11H,12H2,1-3H3,(H,24,27). The van der Waals surface area contributed by atoms with E-state index in [1.165, 1.54) is 11.8 Å². The van der Waals surface area contributed by atoms with Crippen molar-refractivity contribution >= 4 is 44.9 Å². The van der Waals surface area contributed by atoms with Crippen molar-refractivity contribution in [2.75, 3.05) is 18.2 Å². The van der Waals surface area contributed by atoms with Crippen LogP contribution in [0.5, 0.6) is 5.75 Å². The largest absolute Gasteiger partial charge is 0.497 e. The van der Waals surface area contributed by atoms with E-state index in [1.54, 1.807) is 18.4 Å². The zero-order valence-electron chi connectivity index (χ0n) is 16.8. The van der Waals surface area contributed by atoms with Crippen LogP contribution in [0.2, 0.25) is 0 Å². The number of aryl methyl sites for hydroxylation is 2. The van der Waals surface area contributed by atoms with E-state index in [4.69, 9.17) is 4.74 Å². The summed E-state index contributed by atoms with van der Waals surface area (Å²) >= 11 is 2.92. The summed E-state index contributed by atoms with van der Waals surface area (Å²) in [6.45, 7) is 3.93. The van der Waals surface area contributed by atoms with E-state index < -0.39 is 0 Å². The highest BCUT2D eigenvalue weighted by molar-refractivity contribution is 8.00. The Kier molecular flexibility index (Phi) is 5.96. The number of carbonyl (C=O) groups excluding carboxylic acids is 1. The Morgan fingerprint density at radius 2 is 1.87 bits per heavy atom. The highest BCUT2D eigenvalue weighted by Crippen LogP contribution is 2.35. The lowest BCUT2D eigenvalue weighted by atomic mass is 10.1. The van der Waals surface area contributed by atoms with Crippen molar-refractivity contribution in [3.8, 4) is 17.0 Å². The first-order chi connectivity index (χ1) is 14.5. The summed E-state index contributed by atoms with van der Waals surface area (Å²) in [4.78, 5) is 17.1. The van der Waals surface area contributed by atoms with Crippen LogP contribution < -0.4 is 10.1 Å². The van der Waals surface area contributed by atoms with Crippen LogP contribution in [0, 0.1) is 13.8 Å². The molecule has 30 heavy (non-hydrogen) atoms. The lowest BCUT2D eigenvalue weighted by Crippen LogP contribution is -2.15. The molecule has 0 atom stereocenters. The number of hydrogen-bond donors (Lipinski definition) is 1. The second-order valence-corrected chi connectivity index (χ2v) is 8.81. The van der Waals surface area contributed by atoms with Crippen LogP contribution >= 0.6 is 23.1 Å². The minimum atomic E-state index is -0.0876. The first kappa shape index (κ1) is 20.3. The van der Waals surface area contributed by atoms with E-state index >= 15 is 0 Å². The monoisotopic (exact) mass is 436 g/mol. The number of methoxy groups -OCH3 is 1. The molecule has 0 unspecified atom stereocenters. The van der Waals surface area contributed by atoms with Crippen molar-refractivity contribution in [1.29, 1.82) is 0 Å². The van der Waals surface area contributed by atoms with E-state index in [1.807, 2.05) is 62.4 Å². The topological polar surface area (TPSA) is 77.0 Å². The number of aromatic nitrogens is 3. The summed E-state index contributed by atoms with van der Waals surface area (Å²) < 4.78 is 6.20. The molecular formula is C22H20N4O2S2. The zero-order valence-corrected chi connectivity index (χ0v) is 18.4. The van der Waals surface area contributed by atoms with E-state index in [-0.39, 0.29) is 11.7 Å². The predicted molar refractivity (Wildman–Crippen MR) is 122 cm³/mol. The summed E-state index contributed by atoms with van der Waals surface area (Å²) in [7, 11) is 1.64. The van der Waals surface area contributed by atoms with Crippen LogP contribution in [-0.2, 0) is 4.79 Å². The molecule has 0 aliphatic heterocycles. The molecule has 1 amide bonds. The minimum absolute atomic E-state index is 0.0876. The molecule has 0 aliphatic rings. The Hall–Kier alpha value is -2.97. The quantitative estimate of drug-likeness (QED) is 0.423. The number of thioether (sulfide) groups is 1. The summed E-state index contributed by atoms with van der Waals surface area (Å²) in [5.41, 5.74) is 4.36. The zero-order chi connectivity index (χ0) is 21.1. The van der Waals surface area contributed by atoms with Gasteiger partial charge in [-0.25, -0.2) is 4.98 Å². The van der Waals surface area contributed by atoms with E-state index in [2.05, 4.69) is 20.5 Å². The second-order valence-electron chi connectivity index (χ2n) is 6.64. The van der Waals surface area contributed by atoms with Gasteiger partial charge in [-0.3, -0.25) is 4.79 Å². The number of ether oxygens (including phenoxy) is 1. The van der Waals surface area contributed by atoms with Crippen LogP contribution in [0.25, 0.3) is 21.5 Å². The molecule has 2 aromatic heterocycles. The number of thiazole rings is 1. The number of nitrogens with one attached hydrogen (secondary N) is 1. The van der Waals surface area contributed by atoms with Gasteiger partial charge in [0.1, 0.15) is 22.0 Å². The molecule has 0 bridgehead atoms. The number of rotatable bonds is 6. The predicted octanol–water partition coefficient (Wildman–Crippen LogP) is 5.11. The van der Waals surface area contributed by atoms with Crippen molar-refractivity contribution in [3.63, 3.8) is 0 Å². The molecule has 8 heteroatoms. The van der Waals surface area contributed by atoms with Gasteiger partial charge in [0, 0.05) is 11.3 Å². The fourth-order valence-corrected chi connectivity index (χ4v) is 4.70. The van der Waals surface area contributed by atoms with Gasteiger partial charge in [-0.2, -0.15) is 0 Å². The summed E-state index contributed by atoms with van der Waals surface area (Å²) in [6, 6.07) is 15.4. The number of fused-ring (bicyclic) bond motifs is 1. The smallest absolute Gasteiger partial charge is 0.234 e. The number of amides is 1. The van der Waals surface area contributed by atoms with Gasteiger partial charge in [-0.1, -0.05) is 30.0 Å². The van der Waals surface area contributed by atoms with Gasteiger partial charge in [-0.05, 0) is 49.7 Å². The first-order valence-electron chi connectivity index (χ1n) is 9.31. The van der Waals surface area contributed by atoms with Crippen LogP contribution in [0.15, 0.2) is 53.6 Å². The van der Waals surface area contributed by atoms with Crippen LogP contribution in [0.1, 0.15) is 10.6 Å². The van der Waals surface area contributed by atoms with Crippen molar-refractivity contribution in [2.45, 2.75) is 18.9 Å². The van der Waals surface area contributed by atoms with Gasteiger partial charge < -0.3 is 10.1 Å². The van der Waals surface area contributed by atoms with Crippen molar-refractivity contribution < 1.29 is 9.53 Å². The summed E-state index contributed by atoms with van der Waals surface area (Å²) in [6.07, 6.45) is 0. The van der Waals surface area contributed by atoms with Crippen LogP contribution in [0.3, 0.4) is 0 Å². The molecule has 6 nitrogen and oxygen atoms in total. The summed E-state index contributed by atoms with van der Waals surface area (Å²) in [5, 5.41) is 13.4. The Balaban J connectivity index is 1.56. The van der Waals surface area contributed by atoms with Gasteiger partial charge >= 0.3 is 0 Å². The van der Waals surface area contributed by atoms with E-state index in [9.17, 15) is 4.79 Å². The molecule has 0 fully saturated rings. The lowest BCUT2D eigenvalue weighted by Gasteiger charge is -2.08. The SMILES string of the molecule is COc1ccc(-c2nnc(SCC(=O)Nc3ccccc3C)c3nc(C)sc23)cc1. The summed E-state index contributed by atoms with van der Waals surface area (Å²) in [5.74, 6) is 0.932. The van der Waals surface area contributed by atoms with Gasteiger partial charge in [-0.15, -0.1) is 21.5 Å². The Labute approximate surface area is 182 Å². The van der Waals surface area contributed by atoms with Crippen molar-refractivity contribution in [1.82, 2.24) is 15.2 Å². The minimum Gasteiger partial charge on any atom is -0.497 e. The molecule has 4 rings (SSSR count). The third kappa shape index (κ3) is 4.29. The average molecular weight is 437 g/mol. The maximum atomic E-state index is 12.4.